The van der Waals surface area contributed by atoms with E-state index in [1.165, 1.54) is 5.56 Å². The van der Waals surface area contributed by atoms with Crippen LogP contribution >= 0.6 is 0 Å². The summed E-state index contributed by atoms with van der Waals surface area (Å²) in [7, 11) is 0. The van der Waals surface area contributed by atoms with Crippen molar-refractivity contribution in [2.45, 2.75) is 6.92 Å². The van der Waals surface area contributed by atoms with E-state index in [9.17, 15) is 4.79 Å². The summed E-state index contributed by atoms with van der Waals surface area (Å²) in [4.78, 5) is 15.6. The van der Waals surface area contributed by atoms with Crippen molar-refractivity contribution in [1.82, 2.24) is 9.55 Å². The fraction of sp³-hybridized carbons (Fsp3) is 0.0667. The third-order valence-electron chi connectivity index (χ3n) is 3.14. The Bertz CT molecular complexity index is 757. The van der Waals surface area contributed by atoms with Crippen LogP contribution < -0.4 is 5.73 Å². The van der Waals surface area contributed by atoms with Crippen molar-refractivity contribution in [2.24, 2.45) is 5.73 Å². The Morgan fingerprint density at radius 3 is 2.58 bits per heavy atom. The van der Waals surface area contributed by atoms with Gasteiger partial charge >= 0.3 is 0 Å². The van der Waals surface area contributed by atoms with Crippen LogP contribution in [-0.4, -0.2) is 15.5 Å². The number of hydrogen-bond acceptors (Lipinski definition) is 2. The topological polar surface area (TPSA) is 60.9 Å². The summed E-state index contributed by atoms with van der Waals surface area (Å²) in [6, 6.07) is 13.4. The Morgan fingerprint density at radius 2 is 1.89 bits per heavy atom. The molecule has 0 fully saturated rings. The molecule has 0 aliphatic rings. The zero-order valence-corrected chi connectivity index (χ0v) is 10.5. The number of nitrogens with zero attached hydrogens (tertiary/aromatic N) is 2. The van der Waals surface area contributed by atoms with Crippen LogP contribution in [0.1, 0.15) is 15.9 Å². The van der Waals surface area contributed by atoms with Gasteiger partial charge in [-0.1, -0.05) is 17.7 Å². The van der Waals surface area contributed by atoms with E-state index in [2.05, 4.69) is 4.98 Å². The number of nitrogens with two attached hydrogens (primary N) is 1. The van der Waals surface area contributed by atoms with Crippen molar-refractivity contribution in [3.05, 3.63) is 59.9 Å². The second-order valence-electron chi connectivity index (χ2n) is 4.52. The number of hydrogen-bond donors (Lipinski definition) is 1. The SMILES string of the molecule is Cc1ccc(-n2cnc3ccc(C(N)=O)cc32)cc1. The van der Waals surface area contributed by atoms with Crippen LogP contribution in [0.25, 0.3) is 16.7 Å². The largest absolute Gasteiger partial charge is 0.366 e. The van der Waals surface area contributed by atoms with Crippen molar-refractivity contribution in [1.29, 1.82) is 0 Å². The molecule has 94 valence electrons. The van der Waals surface area contributed by atoms with Gasteiger partial charge in [-0.25, -0.2) is 4.98 Å². The lowest BCUT2D eigenvalue weighted by atomic mass is 10.2. The van der Waals surface area contributed by atoms with Gasteiger partial charge in [-0.05, 0) is 37.3 Å². The molecule has 0 aliphatic heterocycles. The highest BCUT2D eigenvalue weighted by Crippen LogP contribution is 2.19. The predicted octanol–water partition coefficient (Wildman–Crippen LogP) is 2.43. The molecule has 1 aromatic heterocycles. The third-order valence-corrected chi connectivity index (χ3v) is 3.14. The van der Waals surface area contributed by atoms with Crippen LogP contribution in [0, 0.1) is 6.92 Å². The zero-order chi connectivity index (χ0) is 13.4. The van der Waals surface area contributed by atoms with Crippen LogP contribution in [0.5, 0.6) is 0 Å². The maximum Gasteiger partial charge on any atom is 0.248 e. The van der Waals surface area contributed by atoms with E-state index in [-0.39, 0.29) is 0 Å². The zero-order valence-electron chi connectivity index (χ0n) is 10.5. The van der Waals surface area contributed by atoms with E-state index in [4.69, 9.17) is 5.73 Å². The summed E-state index contributed by atoms with van der Waals surface area (Å²) in [6.07, 6.45) is 1.75. The Labute approximate surface area is 110 Å². The van der Waals surface area contributed by atoms with Gasteiger partial charge in [0.1, 0.15) is 6.33 Å². The summed E-state index contributed by atoms with van der Waals surface area (Å²) in [6.45, 7) is 2.04. The van der Waals surface area contributed by atoms with Crippen molar-refractivity contribution in [2.75, 3.05) is 0 Å². The normalized spacial score (nSPS) is 10.8. The van der Waals surface area contributed by atoms with Gasteiger partial charge in [0.2, 0.25) is 5.91 Å². The van der Waals surface area contributed by atoms with Gasteiger partial charge in [0.15, 0.2) is 0 Å². The summed E-state index contributed by atoms with van der Waals surface area (Å²) < 4.78 is 1.95. The first kappa shape index (κ1) is 11.5. The second kappa shape index (κ2) is 4.24. The highest BCUT2D eigenvalue weighted by atomic mass is 16.1. The monoisotopic (exact) mass is 251 g/mol. The van der Waals surface area contributed by atoms with Gasteiger partial charge in [0.25, 0.3) is 0 Å². The van der Waals surface area contributed by atoms with E-state index in [1.807, 2.05) is 35.8 Å². The molecule has 0 aliphatic carbocycles. The molecule has 0 spiro atoms. The molecule has 0 saturated heterocycles. The Kier molecular flexibility index (Phi) is 2.56. The number of imidazole rings is 1. The maximum absolute atomic E-state index is 11.3. The first-order chi connectivity index (χ1) is 9.15. The van der Waals surface area contributed by atoms with E-state index < -0.39 is 5.91 Å². The number of aryl methyl sites for hydroxylation is 1. The Balaban J connectivity index is 2.21. The number of carbonyl (C=O) groups excluding carboxylic acids is 1. The molecule has 3 aromatic rings. The number of rotatable bonds is 2. The van der Waals surface area contributed by atoms with E-state index in [0.717, 1.165) is 16.7 Å². The van der Waals surface area contributed by atoms with E-state index in [1.54, 1.807) is 24.5 Å². The van der Waals surface area contributed by atoms with Gasteiger partial charge in [0.05, 0.1) is 11.0 Å². The first-order valence-corrected chi connectivity index (χ1v) is 5.99. The summed E-state index contributed by atoms with van der Waals surface area (Å²) in [5.74, 6) is -0.432. The van der Waals surface area contributed by atoms with Crippen LogP contribution in [0.4, 0.5) is 0 Å². The molecule has 4 heteroatoms. The molecule has 0 atom stereocenters. The fourth-order valence-corrected chi connectivity index (χ4v) is 2.07. The molecule has 3 rings (SSSR count). The van der Waals surface area contributed by atoms with Crippen molar-refractivity contribution in [3.8, 4) is 5.69 Å². The molecule has 1 amide bonds. The molecule has 1 heterocycles. The smallest absolute Gasteiger partial charge is 0.248 e. The number of benzene rings is 2. The van der Waals surface area contributed by atoms with Gasteiger partial charge < -0.3 is 5.73 Å². The average molecular weight is 251 g/mol. The molecule has 19 heavy (non-hydrogen) atoms. The highest BCUT2D eigenvalue weighted by molar-refractivity contribution is 5.96. The van der Waals surface area contributed by atoms with Crippen molar-refractivity contribution >= 4 is 16.9 Å². The molecular weight excluding hydrogens is 238 g/mol. The van der Waals surface area contributed by atoms with Gasteiger partial charge in [0, 0.05) is 11.3 Å². The predicted molar refractivity (Wildman–Crippen MR) is 74.3 cm³/mol. The minimum atomic E-state index is -0.432. The minimum absolute atomic E-state index is 0.432. The van der Waals surface area contributed by atoms with Crippen LogP contribution in [0.3, 0.4) is 0 Å². The molecule has 2 N–H and O–H groups in total. The van der Waals surface area contributed by atoms with Crippen molar-refractivity contribution < 1.29 is 4.79 Å². The molecule has 4 nitrogen and oxygen atoms in total. The van der Waals surface area contributed by atoms with Crippen LogP contribution in [0.15, 0.2) is 48.8 Å². The number of primary amides is 1. The molecule has 0 saturated carbocycles. The molecule has 0 bridgehead atoms. The summed E-state index contributed by atoms with van der Waals surface area (Å²) in [5.41, 5.74) is 9.72. The molecule has 2 aromatic carbocycles. The lowest BCUT2D eigenvalue weighted by molar-refractivity contribution is 0.100. The Morgan fingerprint density at radius 1 is 1.16 bits per heavy atom. The van der Waals surface area contributed by atoms with Gasteiger partial charge in [-0.2, -0.15) is 0 Å². The lowest BCUT2D eigenvalue weighted by Gasteiger charge is -2.05. The maximum atomic E-state index is 11.3. The summed E-state index contributed by atoms with van der Waals surface area (Å²) in [5, 5.41) is 0. The average Bonchev–Trinajstić information content (AvgIpc) is 2.82. The fourth-order valence-electron chi connectivity index (χ4n) is 2.07. The van der Waals surface area contributed by atoms with Crippen molar-refractivity contribution in [3.63, 3.8) is 0 Å². The Hall–Kier alpha value is -2.62. The highest BCUT2D eigenvalue weighted by Gasteiger charge is 2.07. The number of aromatic nitrogens is 2. The lowest BCUT2D eigenvalue weighted by Crippen LogP contribution is -2.10. The number of amides is 1. The third kappa shape index (κ3) is 1.97. The standard InChI is InChI=1S/C15H13N3O/c1-10-2-5-12(6-3-10)18-9-17-13-7-4-11(15(16)19)8-14(13)18/h2-9H,1H3,(H2,16,19). The quantitative estimate of drug-likeness (QED) is 0.760. The van der Waals surface area contributed by atoms with E-state index in [0.29, 0.717) is 5.56 Å². The number of carbonyl (C=O) groups is 1. The second-order valence-corrected chi connectivity index (χ2v) is 4.52. The van der Waals surface area contributed by atoms with Gasteiger partial charge in [-0.3, -0.25) is 9.36 Å². The van der Waals surface area contributed by atoms with Crippen LogP contribution in [0.2, 0.25) is 0 Å². The van der Waals surface area contributed by atoms with Crippen LogP contribution in [-0.2, 0) is 0 Å². The minimum Gasteiger partial charge on any atom is -0.366 e. The summed E-state index contributed by atoms with van der Waals surface area (Å²) >= 11 is 0. The molecule has 0 unspecified atom stereocenters. The first-order valence-electron chi connectivity index (χ1n) is 5.99. The number of fused-ring (bicyclic) bond motifs is 1. The molecular formula is C15H13N3O. The van der Waals surface area contributed by atoms with Gasteiger partial charge in [-0.15, -0.1) is 0 Å². The molecule has 0 radical (unpaired) electrons. The van der Waals surface area contributed by atoms with E-state index >= 15 is 0 Å².